The Balaban J connectivity index is 2.18. The van der Waals surface area contributed by atoms with Crippen molar-refractivity contribution in [3.63, 3.8) is 0 Å². The van der Waals surface area contributed by atoms with Gasteiger partial charge in [0.15, 0.2) is 10.8 Å². The van der Waals surface area contributed by atoms with Crippen LogP contribution in [-0.2, 0) is 0 Å². The van der Waals surface area contributed by atoms with Gasteiger partial charge in [-0.1, -0.05) is 11.6 Å². The molecule has 98 valence electrons. The highest BCUT2D eigenvalue weighted by Crippen LogP contribution is 2.12. The third-order valence-corrected chi connectivity index (χ3v) is 2.33. The molecule has 0 aliphatic carbocycles. The maximum absolute atomic E-state index is 11.9. The zero-order chi connectivity index (χ0) is 13.8. The van der Waals surface area contributed by atoms with E-state index in [1.807, 2.05) is 0 Å². The molecule has 0 bridgehead atoms. The Morgan fingerprint density at radius 3 is 2.74 bits per heavy atom. The molecule has 7 nitrogen and oxygen atoms in total. The number of rotatable bonds is 3. The molecule has 0 aliphatic rings. The predicted molar refractivity (Wildman–Crippen MR) is 68.3 cm³/mol. The van der Waals surface area contributed by atoms with Crippen molar-refractivity contribution in [2.75, 3.05) is 12.4 Å². The van der Waals surface area contributed by atoms with E-state index in [1.165, 1.54) is 19.2 Å². The number of amides is 1. The van der Waals surface area contributed by atoms with Crippen LogP contribution in [0.5, 0.6) is 5.88 Å². The van der Waals surface area contributed by atoms with E-state index in [0.29, 0.717) is 11.6 Å². The van der Waals surface area contributed by atoms with E-state index in [9.17, 15) is 4.79 Å². The van der Waals surface area contributed by atoms with Gasteiger partial charge in [0.05, 0.1) is 7.11 Å². The number of aryl methyl sites for hydroxylation is 1. The van der Waals surface area contributed by atoms with Gasteiger partial charge in [0.25, 0.3) is 5.91 Å². The first-order valence-electron chi connectivity index (χ1n) is 5.29. The number of hydrogen-bond donors (Lipinski definition) is 1. The SMILES string of the molecule is COc1cc(C)nc(NC(=O)c2ccc(Cl)nn2)n1. The Labute approximate surface area is 114 Å². The van der Waals surface area contributed by atoms with Crippen molar-refractivity contribution in [2.45, 2.75) is 6.92 Å². The standard InChI is InChI=1S/C11H10ClN5O2/c1-6-5-9(19-2)14-11(13-6)15-10(18)7-3-4-8(12)17-16-7/h3-5H,1-2H3,(H,13,14,15,18). The molecule has 2 aromatic rings. The summed E-state index contributed by atoms with van der Waals surface area (Å²) in [6, 6.07) is 4.58. The smallest absolute Gasteiger partial charge is 0.278 e. The van der Waals surface area contributed by atoms with Crippen molar-refractivity contribution in [3.05, 3.63) is 34.7 Å². The van der Waals surface area contributed by atoms with Crippen LogP contribution in [0.3, 0.4) is 0 Å². The fraction of sp³-hybridized carbons (Fsp3) is 0.182. The Bertz CT molecular complexity index is 603. The molecule has 2 aromatic heterocycles. The number of anilines is 1. The highest BCUT2D eigenvalue weighted by atomic mass is 35.5. The van der Waals surface area contributed by atoms with Gasteiger partial charge in [-0.2, -0.15) is 4.98 Å². The van der Waals surface area contributed by atoms with E-state index in [2.05, 4.69) is 25.5 Å². The molecule has 0 atom stereocenters. The fourth-order valence-corrected chi connectivity index (χ4v) is 1.40. The molecule has 0 saturated heterocycles. The third-order valence-electron chi connectivity index (χ3n) is 2.13. The molecule has 0 fully saturated rings. The predicted octanol–water partition coefficient (Wildman–Crippen LogP) is 1.49. The van der Waals surface area contributed by atoms with Crippen molar-refractivity contribution < 1.29 is 9.53 Å². The van der Waals surface area contributed by atoms with Crippen LogP contribution in [0.25, 0.3) is 0 Å². The third kappa shape index (κ3) is 3.35. The van der Waals surface area contributed by atoms with E-state index < -0.39 is 5.91 Å². The molecule has 0 spiro atoms. The Kier molecular flexibility index (Phi) is 3.86. The van der Waals surface area contributed by atoms with Crippen LogP contribution >= 0.6 is 11.6 Å². The van der Waals surface area contributed by atoms with Crippen molar-refractivity contribution >= 4 is 23.5 Å². The second kappa shape index (κ2) is 5.57. The topological polar surface area (TPSA) is 89.9 Å². The molecule has 0 unspecified atom stereocenters. The molecule has 1 N–H and O–H groups in total. The van der Waals surface area contributed by atoms with Crippen LogP contribution in [0.1, 0.15) is 16.2 Å². The van der Waals surface area contributed by atoms with E-state index >= 15 is 0 Å². The summed E-state index contributed by atoms with van der Waals surface area (Å²) in [7, 11) is 1.48. The molecule has 0 aromatic carbocycles. The summed E-state index contributed by atoms with van der Waals surface area (Å²) in [5.41, 5.74) is 0.790. The quantitative estimate of drug-likeness (QED) is 0.915. The van der Waals surface area contributed by atoms with E-state index in [-0.39, 0.29) is 16.8 Å². The van der Waals surface area contributed by atoms with Crippen LogP contribution < -0.4 is 10.1 Å². The number of halogens is 1. The van der Waals surface area contributed by atoms with Gasteiger partial charge in [-0.15, -0.1) is 10.2 Å². The second-order valence-electron chi connectivity index (χ2n) is 3.57. The lowest BCUT2D eigenvalue weighted by atomic mass is 10.4. The molecule has 8 heteroatoms. The minimum atomic E-state index is -0.475. The first-order valence-corrected chi connectivity index (χ1v) is 5.66. The summed E-state index contributed by atoms with van der Waals surface area (Å²) in [5, 5.41) is 9.96. The van der Waals surface area contributed by atoms with Crippen LogP contribution in [0, 0.1) is 6.92 Å². The number of ether oxygens (including phenoxy) is 1. The number of methoxy groups -OCH3 is 1. The number of hydrogen-bond acceptors (Lipinski definition) is 6. The largest absolute Gasteiger partial charge is 0.481 e. The van der Waals surface area contributed by atoms with E-state index in [0.717, 1.165) is 0 Å². The Morgan fingerprint density at radius 2 is 2.11 bits per heavy atom. The van der Waals surface area contributed by atoms with Gasteiger partial charge < -0.3 is 4.74 Å². The van der Waals surface area contributed by atoms with Gasteiger partial charge in [0.1, 0.15) is 0 Å². The fourth-order valence-electron chi connectivity index (χ4n) is 1.30. The monoisotopic (exact) mass is 279 g/mol. The highest BCUT2D eigenvalue weighted by molar-refractivity contribution is 6.29. The number of nitrogens with one attached hydrogen (secondary N) is 1. The van der Waals surface area contributed by atoms with E-state index in [4.69, 9.17) is 16.3 Å². The Morgan fingerprint density at radius 1 is 1.32 bits per heavy atom. The zero-order valence-electron chi connectivity index (χ0n) is 10.2. The summed E-state index contributed by atoms with van der Waals surface area (Å²) >= 11 is 5.59. The molecular formula is C11H10ClN5O2. The summed E-state index contributed by atoms with van der Waals surface area (Å²) in [6.45, 7) is 1.77. The maximum Gasteiger partial charge on any atom is 0.278 e. The number of aromatic nitrogens is 4. The van der Waals surface area contributed by atoms with Crippen molar-refractivity contribution in [2.24, 2.45) is 0 Å². The van der Waals surface area contributed by atoms with Crippen molar-refractivity contribution in [1.82, 2.24) is 20.2 Å². The van der Waals surface area contributed by atoms with Crippen LogP contribution in [0.4, 0.5) is 5.95 Å². The van der Waals surface area contributed by atoms with Crippen LogP contribution in [0.2, 0.25) is 5.15 Å². The molecule has 0 radical (unpaired) electrons. The molecule has 19 heavy (non-hydrogen) atoms. The Hall–Kier alpha value is -2.28. The normalized spacial score (nSPS) is 10.1. The van der Waals surface area contributed by atoms with E-state index in [1.54, 1.807) is 13.0 Å². The van der Waals surface area contributed by atoms with Crippen LogP contribution in [0.15, 0.2) is 18.2 Å². The number of carbonyl (C=O) groups is 1. The van der Waals surface area contributed by atoms with Gasteiger partial charge in [0.2, 0.25) is 11.8 Å². The number of nitrogens with zero attached hydrogens (tertiary/aromatic N) is 4. The van der Waals surface area contributed by atoms with Gasteiger partial charge in [-0.3, -0.25) is 10.1 Å². The molecule has 2 heterocycles. The lowest BCUT2D eigenvalue weighted by Gasteiger charge is -2.05. The second-order valence-corrected chi connectivity index (χ2v) is 3.96. The summed E-state index contributed by atoms with van der Waals surface area (Å²) in [4.78, 5) is 19.9. The minimum absolute atomic E-state index is 0.119. The molecule has 1 amide bonds. The highest BCUT2D eigenvalue weighted by Gasteiger charge is 2.11. The van der Waals surface area contributed by atoms with Crippen molar-refractivity contribution in [3.8, 4) is 5.88 Å². The molecular weight excluding hydrogens is 270 g/mol. The van der Waals surface area contributed by atoms with Gasteiger partial charge >= 0.3 is 0 Å². The van der Waals surface area contributed by atoms with Gasteiger partial charge in [-0.05, 0) is 19.1 Å². The molecule has 0 aliphatic heterocycles. The summed E-state index contributed by atoms with van der Waals surface area (Å²) in [5.74, 6) is 0.0282. The average molecular weight is 280 g/mol. The van der Waals surface area contributed by atoms with Gasteiger partial charge in [-0.25, -0.2) is 4.98 Å². The van der Waals surface area contributed by atoms with Crippen LogP contribution in [-0.4, -0.2) is 33.2 Å². The maximum atomic E-state index is 11.9. The average Bonchev–Trinajstić information content (AvgIpc) is 2.38. The van der Waals surface area contributed by atoms with Gasteiger partial charge in [0, 0.05) is 11.8 Å². The lowest BCUT2D eigenvalue weighted by Crippen LogP contribution is -2.16. The lowest BCUT2D eigenvalue weighted by molar-refractivity contribution is 0.102. The van der Waals surface area contributed by atoms with Crippen molar-refractivity contribution in [1.29, 1.82) is 0 Å². The summed E-state index contributed by atoms with van der Waals surface area (Å²) < 4.78 is 4.99. The summed E-state index contributed by atoms with van der Waals surface area (Å²) in [6.07, 6.45) is 0. The zero-order valence-corrected chi connectivity index (χ0v) is 11.0. The first-order chi connectivity index (χ1) is 9.08. The first kappa shape index (κ1) is 13.2. The molecule has 0 saturated carbocycles. The molecule has 2 rings (SSSR count). The number of carbonyl (C=O) groups excluding carboxylic acids is 1. The minimum Gasteiger partial charge on any atom is -0.481 e.